The van der Waals surface area contributed by atoms with Crippen molar-refractivity contribution in [2.45, 2.75) is 13.5 Å². The normalized spacial score (nSPS) is 18.8. The molecule has 2 heterocycles. The lowest BCUT2D eigenvalue weighted by Crippen LogP contribution is -2.26. The van der Waals surface area contributed by atoms with Crippen LogP contribution in [0.1, 0.15) is 11.8 Å². The van der Waals surface area contributed by atoms with Crippen molar-refractivity contribution in [3.8, 4) is 0 Å². The molecule has 0 bridgehead atoms. The van der Waals surface area contributed by atoms with Crippen LogP contribution in [-0.4, -0.2) is 35.7 Å². The molecule has 0 aliphatic carbocycles. The smallest absolute Gasteiger partial charge is 0.318 e. The number of hydrogen-bond donors (Lipinski definition) is 0. The third-order valence-electron chi connectivity index (χ3n) is 2.88. The molecule has 1 saturated heterocycles. The molecule has 1 aromatic rings. The van der Waals surface area contributed by atoms with Crippen LogP contribution in [0.3, 0.4) is 0 Å². The van der Waals surface area contributed by atoms with E-state index in [1.807, 2.05) is 0 Å². The van der Waals surface area contributed by atoms with Gasteiger partial charge in [-0.3, -0.25) is 14.4 Å². The Kier molecular flexibility index (Phi) is 4.12. The fraction of sp³-hybridized carbons (Fsp3) is 0.417. The van der Waals surface area contributed by atoms with E-state index in [1.54, 1.807) is 6.92 Å². The van der Waals surface area contributed by atoms with Crippen LogP contribution in [0.25, 0.3) is 0 Å². The van der Waals surface area contributed by atoms with Gasteiger partial charge in [0.25, 0.3) is 5.91 Å². The van der Waals surface area contributed by atoms with E-state index in [9.17, 15) is 23.2 Å². The first-order valence-corrected chi connectivity index (χ1v) is 6.74. The highest BCUT2D eigenvalue weighted by Crippen LogP contribution is 2.24. The number of carbonyl (C=O) groups is 3. The summed E-state index contributed by atoms with van der Waals surface area (Å²) >= 11 is 0.815. The van der Waals surface area contributed by atoms with Crippen LogP contribution in [0.4, 0.5) is 8.78 Å². The molecule has 0 saturated carbocycles. The standard InChI is InChI=1S/C12H11F2NO4S/c1-2-19-12(18)6-3-15(11(17)10(6)16)4-8-9(14)7(13)5-20-8/h5-6H,2-4H2,1H3. The second-order valence-corrected chi connectivity index (χ2v) is 5.14. The second kappa shape index (κ2) is 5.66. The van der Waals surface area contributed by atoms with Crippen molar-refractivity contribution in [1.29, 1.82) is 0 Å². The molecular formula is C12H11F2NO4S. The van der Waals surface area contributed by atoms with Crippen molar-refractivity contribution in [3.05, 3.63) is 21.9 Å². The second-order valence-electron chi connectivity index (χ2n) is 4.18. The van der Waals surface area contributed by atoms with Gasteiger partial charge < -0.3 is 9.64 Å². The van der Waals surface area contributed by atoms with Crippen LogP contribution in [0.2, 0.25) is 0 Å². The molecule has 20 heavy (non-hydrogen) atoms. The summed E-state index contributed by atoms with van der Waals surface area (Å²) in [5.41, 5.74) is 0. The van der Waals surface area contributed by atoms with Gasteiger partial charge in [0.1, 0.15) is 5.92 Å². The summed E-state index contributed by atoms with van der Waals surface area (Å²) in [6.45, 7) is 1.28. The number of likely N-dealkylation sites (tertiary alicyclic amines) is 1. The molecule has 0 N–H and O–H groups in total. The number of rotatable bonds is 4. The monoisotopic (exact) mass is 303 g/mol. The van der Waals surface area contributed by atoms with E-state index in [2.05, 4.69) is 0 Å². The number of nitrogens with zero attached hydrogens (tertiary/aromatic N) is 1. The Balaban J connectivity index is 2.11. The van der Waals surface area contributed by atoms with Gasteiger partial charge in [-0.2, -0.15) is 0 Å². The maximum absolute atomic E-state index is 13.3. The van der Waals surface area contributed by atoms with Crippen LogP contribution in [0, 0.1) is 17.6 Å². The van der Waals surface area contributed by atoms with E-state index in [-0.39, 0.29) is 24.6 Å². The van der Waals surface area contributed by atoms with Crippen LogP contribution >= 0.6 is 11.3 Å². The third-order valence-corrected chi connectivity index (χ3v) is 3.80. The lowest BCUT2D eigenvalue weighted by molar-refractivity contribution is -0.151. The Morgan fingerprint density at radius 3 is 2.75 bits per heavy atom. The Morgan fingerprint density at radius 2 is 2.20 bits per heavy atom. The number of Topliss-reactive ketones (excluding diaryl/α,β-unsaturated/α-hetero) is 1. The summed E-state index contributed by atoms with van der Waals surface area (Å²) in [6, 6.07) is 0. The fourth-order valence-electron chi connectivity index (χ4n) is 1.89. The van der Waals surface area contributed by atoms with Crippen molar-refractivity contribution in [2.24, 2.45) is 5.92 Å². The number of esters is 1. The van der Waals surface area contributed by atoms with E-state index in [4.69, 9.17) is 4.74 Å². The average Bonchev–Trinajstić information content (AvgIpc) is 2.87. The molecule has 1 aliphatic rings. The number of carbonyl (C=O) groups excluding carboxylic acids is 3. The first-order chi connectivity index (χ1) is 9.45. The SMILES string of the molecule is CCOC(=O)C1CN(Cc2scc(F)c2F)C(=O)C1=O. The number of ketones is 1. The number of halogens is 2. The van der Waals surface area contributed by atoms with Gasteiger partial charge in [0.15, 0.2) is 11.6 Å². The van der Waals surface area contributed by atoms with Gasteiger partial charge in [0.05, 0.1) is 18.0 Å². The molecule has 8 heteroatoms. The zero-order valence-corrected chi connectivity index (χ0v) is 11.3. The molecule has 1 aromatic heterocycles. The first kappa shape index (κ1) is 14.6. The lowest BCUT2D eigenvalue weighted by Gasteiger charge is -2.13. The minimum Gasteiger partial charge on any atom is -0.465 e. The molecule has 0 aromatic carbocycles. The minimum atomic E-state index is -1.18. The number of amides is 1. The largest absolute Gasteiger partial charge is 0.465 e. The van der Waals surface area contributed by atoms with Crippen molar-refractivity contribution in [3.63, 3.8) is 0 Å². The highest BCUT2D eigenvalue weighted by atomic mass is 32.1. The molecule has 108 valence electrons. The van der Waals surface area contributed by atoms with Gasteiger partial charge in [-0.05, 0) is 6.92 Å². The van der Waals surface area contributed by atoms with Crippen molar-refractivity contribution < 1.29 is 27.9 Å². The summed E-state index contributed by atoms with van der Waals surface area (Å²) in [7, 11) is 0. The Morgan fingerprint density at radius 1 is 1.50 bits per heavy atom. The fourth-order valence-corrected chi connectivity index (χ4v) is 2.67. The zero-order chi connectivity index (χ0) is 14.9. The van der Waals surface area contributed by atoms with Crippen LogP contribution in [0.5, 0.6) is 0 Å². The predicted octanol–water partition coefficient (Wildman–Crippen LogP) is 1.12. The Bertz CT molecular complexity index is 572. The molecule has 1 fully saturated rings. The molecular weight excluding hydrogens is 292 g/mol. The number of ether oxygens (including phenoxy) is 1. The lowest BCUT2D eigenvalue weighted by atomic mass is 10.1. The van der Waals surface area contributed by atoms with E-state index in [1.165, 1.54) is 0 Å². The van der Waals surface area contributed by atoms with Gasteiger partial charge in [-0.1, -0.05) is 0 Å². The predicted molar refractivity (Wildman–Crippen MR) is 64.8 cm³/mol. The van der Waals surface area contributed by atoms with Crippen LogP contribution in [-0.2, 0) is 25.7 Å². The van der Waals surface area contributed by atoms with Crippen molar-refractivity contribution in [1.82, 2.24) is 4.90 Å². The highest BCUT2D eigenvalue weighted by Gasteiger charge is 2.44. The average molecular weight is 303 g/mol. The van der Waals surface area contributed by atoms with Crippen molar-refractivity contribution in [2.75, 3.05) is 13.2 Å². The van der Waals surface area contributed by atoms with E-state index >= 15 is 0 Å². The van der Waals surface area contributed by atoms with Crippen LogP contribution in [0.15, 0.2) is 5.38 Å². The summed E-state index contributed by atoms with van der Waals surface area (Å²) < 4.78 is 30.9. The topological polar surface area (TPSA) is 63.7 Å². The maximum Gasteiger partial charge on any atom is 0.318 e. The highest BCUT2D eigenvalue weighted by molar-refractivity contribution is 7.10. The Labute approximate surface area is 117 Å². The van der Waals surface area contributed by atoms with Gasteiger partial charge in [0, 0.05) is 11.9 Å². The van der Waals surface area contributed by atoms with E-state index in [0.29, 0.717) is 0 Å². The quantitative estimate of drug-likeness (QED) is 0.475. The molecule has 0 spiro atoms. The summed E-state index contributed by atoms with van der Waals surface area (Å²) in [6.07, 6.45) is 0. The summed E-state index contributed by atoms with van der Waals surface area (Å²) in [5, 5.41) is 0.982. The summed E-state index contributed by atoms with van der Waals surface area (Å²) in [5.74, 6) is -5.74. The molecule has 0 radical (unpaired) electrons. The molecule has 1 unspecified atom stereocenters. The Hall–Kier alpha value is -1.83. The molecule has 5 nitrogen and oxygen atoms in total. The van der Waals surface area contributed by atoms with Crippen molar-refractivity contribution >= 4 is 29.0 Å². The van der Waals surface area contributed by atoms with E-state index < -0.39 is 35.2 Å². The molecule has 2 rings (SSSR count). The molecule has 1 amide bonds. The summed E-state index contributed by atoms with van der Waals surface area (Å²) in [4.78, 5) is 35.9. The van der Waals surface area contributed by atoms with Gasteiger partial charge in [-0.15, -0.1) is 11.3 Å². The third kappa shape index (κ3) is 2.55. The number of hydrogen-bond acceptors (Lipinski definition) is 5. The molecule has 1 aliphatic heterocycles. The number of thiophene rings is 1. The van der Waals surface area contributed by atoms with Crippen LogP contribution < -0.4 is 0 Å². The minimum absolute atomic E-state index is 0.00755. The van der Waals surface area contributed by atoms with Gasteiger partial charge in [0.2, 0.25) is 5.78 Å². The molecule has 1 atom stereocenters. The van der Waals surface area contributed by atoms with E-state index in [0.717, 1.165) is 21.6 Å². The zero-order valence-electron chi connectivity index (χ0n) is 10.5. The van der Waals surface area contributed by atoms with Gasteiger partial charge in [-0.25, -0.2) is 8.78 Å². The first-order valence-electron chi connectivity index (χ1n) is 5.86. The maximum atomic E-state index is 13.3. The van der Waals surface area contributed by atoms with Gasteiger partial charge >= 0.3 is 5.97 Å².